The van der Waals surface area contributed by atoms with Gasteiger partial charge in [-0.05, 0) is 49.9 Å². The van der Waals surface area contributed by atoms with E-state index in [-0.39, 0.29) is 18.1 Å². The summed E-state index contributed by atoms with van der Waals surface area (Å²) in [4.78, 5) is 22.6. The highest BCUT2D eigenvalue weighted by atomic mass is 32.2. The average Bonchev–Trinajstić information content (AvgIpc) is 2.85. The summed E-state index contributed by atoms with van der Waals surface area (Å²) >= 11 is 0. The van der Waals surface area contributed by atoms with Gasteiger partial charge in [-0.1, -0.05) is 0 Å². The second-order valence-electron chi connectivity index (χ2n) is 5.85. The van der Waals surface area contributed by atoms with Crippen molar-refractivity contribution in [3.05, 3.63) is 29.3 Å². The highest BCUT2D eigenvalue weighted by Gasteiger charge is 2.28. The Morgan fingerprint density at radius 3 is 2.62 bits per heavy atom. The number of aryl methyl sites for hydroxylation is 1. The van der Waals surface area contributed by atoms with Gasteiger partial charge in [0, 0.05) is 25.1 Å². The molecule has 7 nitrogen and oxygen atoms in total. The lowest BCUT2D eigenvalue weighted by molar-refractivity contribution is -0.137. The van der Waals surface area contributed by atoms with Gasteiger partial charge in [0.2, 0.25) is 10.0 Å². The molecule has 1 amide bonds. The molecule has 1 aromatic rings. The summed E-state index contributed by atoms with van der Waals surface area (Å²) in [5.41, 5.74) is 1.79. The quantitative estimate of drug-likeness (QED) is 0.723. The number of carbonyl (C=O) groups is 2. The molecule has 132 valence electrons. The SMILES string of the molecule is Cc1cc(N2CCCS2(=O)=O)ccc1C(=O)NCCCCC(=O)O. The molecule has 24 heavy (non-hydrogen) atoms. The minimum absolute atomic E-state index is 0.0912. The standard InChI is InChI=1S/C16H22N2O5S/c1-12-11-13(18-9-4-10-24(18,22)23)6-7-14(12)16(21)17-8-3-2-5-15(19)20/h6-7,11H,2-5,8-10H2,1H3,(H,17,21)(H,19,20). The number of rotatable bonds is 7. The summed E-state index contributed by atoms with van der Waals surface area (Å²) in [6.45, 7) is 2.65. The normalized spacial score (nSPS) is 16.1. The molecular weight excluding hydrogens is 332 g/mol. The Hall–Kier alpha value is -2.09. The van der Waals surface area contributed by atoms with E-state index >= 15 is 0 Å². The third-order valence-corrected chi connectivity index (χ3v) is 5.81. The zero-order chi connectivity index (χ0) is 17.7. The number of carbonyl (C=O) groups excluding carboxylic acids is 1. The van der Waals surface area contributed by atoms with Crippen LogP contribution in [0.25, 0.3) is 0 Å². The third kappa shape index (κ3) is 4.47. The van der Waals surface area contributed by atoms with Crippen LogP contribution in [0.15, 0.2) is 18.2 Å². The van der Waals surface area contributed by atoms with Gasteiger partial charge in [0.05, 0.1) is 11.4 Å². The van der Waals surface area contributed by atoms with Crippen molar-refractivity contribution in [3.63, 3.8) is 0 Å². The van der Waals surface area contributed by atoms with Crippen molar-refractivity contribution in [3.8, 4) is 0 Å². The maximum atomic E-state index is 12.2. The van der Waals surface area contributed by atoms with Crippen molar-refractivity contribution in [1.82, 2.24) is 5.32 Å². The molecule has 1 aliphatic rings. The van der Waals surface area contributed by atoms with E-state index in [9.17, 15) is 18.0 Å². The summed E-state index contributed by atoms with van der Waals surface area (Å²) < 4.78 is 25.3. The molecular formula is C16H22N2O5S. The average molecular weight is 354 g/mol. The molecule has 1 aromatic carbocycles. The van der Waals surface area contributed by atoms with E-state index in [1.807, 2.05) is 0 Å². The summed E-state index contributed by atoms with van der Waals surface area (Å²) in [5.74, 6) is -0.923. The number of nitrogens with one attached hydrogen (secondary N) is 1. The number of hydrogen-bond donors (Lipinski definition) is 2. The summed E-state index contributed by atoms with van der Waals surface area (Å²) in [5, 5.41) is 11.3. The third-order valence-electron chi connectivity index (χ3n) is 3.94. The van der Waals surface area contributed by atoms with Crippen LogP contribution in [0, 0.1) is 6.92 Å². The van der Waals surface area contributed by atoms with E-state index in [1.54, 1.807) is 25.1 Å². The van der Waals surface area contributed by atoms with Crippen LogP contribution >= 0.6 is 0 Å². The second kappa shape index (κ2) is 7.65. The predicted molar refractivity (Wildman–Crippen MR) is 90.7 cm³/mol. The lowest BCUT2D eigenvalue weighted by atomic mass is 10.1. The topological polar surface area (TPSA) is 104 Å². The van der Waals surface area contributed by atoms with Gasteiger partial charge in [0.15, 0.2) is 0 Å². The molecule has 0 saturated carbocycles. The monoisotopic (exact) mass is 354 g/mol. The van der Waals surface area contributed by atoms with Gasteiger partial charge in [-0.2, -0.15) is 0 Å². The largest absolute Gasteiger partial charge is 0.481 e. The van der Waals surface area contributed by atoms with Crippen molar-refractivity contribution >= 4 is 27.6 Å². The van der Waals surface area contributed by atoms with Gasteiger partial charge < -0.3 is 10.4 Å². The van der Waals surface area contributed by atoms with Crippen LogP contribution in [-0.4, -0.2) is 44.2 Å². The minimum Gasteiger partial charge on any atom is -0.481 e. The molecule has 2 rings (SSSR count). The van der Waals surface area contributed by atoms with Gasteiger partial charge in [-0.15, -0.1) is 0 Å². The number of aliphatic carboxylic acids is 1. The molecule has 0 aromatic heterocycles. The Bertz CT molecular complexity index is 730. The smallest absolute Gasteiger partial charge is 0.303 e. The van der Waals surface area contributed by atoms with Crippen LogP contribution in [0.4, 0.5) is 5.69 Å². The molecule has 0 unspecified atom stereocenters. The molecule has 1 aliphatic heterocycles. The number of amides is 1. The molecule has 1 saturated heterocycles. The highest BCUT2D eigenvalue weighted by molar-refractivity contribution is 7.93. The molecule has 0 radical (unpaired) electrons. The first-order valence-corrected chi connectivity index (χ1v) is 9.53. The number of carboxylic acids is 1. The van der Waals surface area contributed by atoms with E-state index in [1.165, 1.54) is 4.31 Å². The van der Waals surface area contributed by atoms with Crippen molar-refractivity contribution < 1.29 is 23.1 Å². The summed E-state index contributed by atoms with van der Waals surface area (Å²) in [6, 6.07) is 4.99. The van der Waals surface area contributed by atoms with Crippen molar-refractivity contribution in [2.75, 3.05) is 23.1 Å². The van der Waals surface area contributed by atoms with Gasteiger partial charge >= 0.3 is 5.97 Å². The number of anilines is 1. The predicted octanol–water partition coefficient (Wildman–Crippen LogP) is 1.52. The van der Waals surface area contributed by atoms with Gasteiger partial charge in [0.25, 0.3) is 5.91 Å². The number of nitrogens with zero attached hydrogens (tertiary/aromatic N) is 1. The number of benzene rings is 1. The first-order valence-electron chi connectivity index (χ1n) is 7.92. The lowest BCUT2D eigenvalue weighted by Crippen LogP contribution is -2.27. The Labute approximate surface area is 141 Å². The fraction of sp³-hybridized carbons (Fsp3) is 0.500. The minimum atomic E-state index is -3.23. The van der Waals surface area contributed by atoms with Crippen molar-refractivity contribution in [1.29, 1.82) is 0 Å². The first kappa shape index (κ1) is 18.3. The number of unbranched alkanes of at least 4 members (excludes halogenated alkanes) is 1. The van der Waals surface area contributed by atoms with E-state index < -0.39 is 16.0 Å². The summed E-state index contributed by atoms with van der Waals surface area (Å²) in [6.07, 6.45) is 1.81. The molecule has 1 fully saturated rings. The number of carboxylic acid groups (broad SMARTS) is 1. The van der Waals surface area contributed by atoms with Crippen LogP contribution in [0.1, 0.15) is 41.6 Å². The lowest BCUT2D eigenvalue weighted by Gasteiger charge is -2.18. The van der Waals surface area contributed by atoms with Gasteiger partial charge in [0.1, 0.15) is 0 Å². The second-order valence-corrected chi connectivity index (χ2v) is 7.86. The highest BCUT2D eigenvalue weighted by Crippen LogP contribution is 2.26. The molecule has 2 N–H and O–H groups in total. The maximum Gasteiger partial charge on any atom is 0.303 e. The fourth-order valence-electron chi connectivity index (χ4n) is 2.69. The van der Waals surface area contributed by atoms with Gasteiger partial charge in [-0.3, -0.25) is 13.9 Å². The molecule has 0 atom stereocenters. The number of hydrogen-bond acceptors (Lipinski definition) is 4. The number of sulfonamides is 1. The fourth-order valence-corrected chi connectivity index (χ4v) is 4.24. The Balaban J connectivity index is 1.97. The first-order chi connectivity index (χ1) is 11.3. The Morgan fingerprint density at radius 2 is 2.04 bits per heavy atom. The molecule has 0 spiro atoms. The maximum absolute atomic E-state index is 12.2. The van der Waals surface area contributed by atoms with Crippen molar-refractivity contribution in [2.45, 2.75) is 32.6 Å². The van der Waals surface area contributed by atoms with Crippen LogP contribution < -0.4 is 9.62 Å². The van der Waals surface area contributed by atoms with E-state index in [0.717, 1.165) is 0 Å². The zero-order valence-corrected chi connectivity index (χ0v) is 14.4. The van der Waals surface area contributed by atoms with E-state index in [4.69, 9.17) is 5.11 Å². The van der Waals surface area contributed by atoms with Crippen LogP contribution in [0.5, 0.6) is 0 Å². The van der Waals surface area contributed by atoms with E-state index in [0.29, 0.717) is 49.2 Å². The van der Waals surface area contributed by atoms with Gasteiger partial charge in [-0.25, -0.2) is 8.42 Å². The van der Waals surface area contributed by atoms with E-state index in [2.05, 4.69) is 5.32 Å². The molecule has 8 heteroatoms. The zero-order valence-electron chi connectivity index (χ0n) is 13.6. The van der Waals surface area contributed by atoms with Crippen molar-refractivity contribution in [2.24, 2.45) is 0 Å². The molecule has 0 bridgehead atoms. The summed E-state index contributed by atoms with van der Waals surface area (Å²) in [7, 11) is -3.23. The van der Waals surface area contributed by atoms with Crippen LogP contribution in [0.2, 0.25) is 0 Å². The van der Waals surface area contributed by atoms with Crippen LogP contribution in [-0.2, 0) is 14.8 Å². The Morgan fingerprint density at radius 1 is 1.29 bits per heavy atom. The molecule has 1 heterocycles. The Kier molecular flexibility index (Phi) is 5.82. The van der Waals surface area contributed by atoms with Crippen LogP contribution in [0.3, 0.4) is 0 Å². The molecule has 0 aliphatic carbocycles.